The highest BCUT2D eigenvalue weighted by Crippen LogP contribution is 2.25. The Morgan fingerprint density at radius 3 is 2.21 bits per heavy atom. The number of carboxylic acids is 1. The van der Waals surface area contributed by atoms with Crippen LogP contribution in [0.25, 0.3) is 0 Å². The highest BCUT2D eigenvalue weighted by atomic mass is 19.1. The molecule has 0 spiro atoms. The molecule has 2 aliphatic rings. The van der Waals surface area contributed by atoms with Crippen LogP contribution in [0.2, 0.25) is 0 Å². The van der Waals surface area contributed by atoms with Crippen molar-refractivity contribution in [2.75, 3.05) is 56.0 Å². The predicted octanol–water partition coefficient (Wildman–Crippen LogP) is 2.52. The van der Waals surface area contributed by atoms with E-state index in [0.717, 1.165) is 31.6 Å². The molecule has 0 radical (unpaired) electrons. The van der Waals surface area contributed by atoms with Crippen molar-refractivity contribution in [3.05, 3.63) is 59.4 Å². The maximum atomic E-state index is 13.1. The summed E-state index contributed by atoms with van der Waals surface area (Å²) in [5, 5.41) is 12.3. The molecule has 2 N–H and O–H groups in total. The van der Waals surface area contributed by atoms with Gasteiger partial charge in [0.15, 0.2) is 0 Å². The molecule has 33 heavy (non-hydrogen) atoms. The van der Waals surface area contributed by atoms with Crippen LogP contribution in [0.3, 0.4) is 0 Å². The van der Waals surface area contributed by atoms with Crippen molar-refractivity contribution in [3.63, 3.8) is 0 Å². The maximum Gasteiger partial charge on any atom is 0.337 e. The van der Waals surface area contributed by atoms with E-state index >= 15 is 0 Å². The van der Waals surface area contributed by atoms with Crippen molar-refractivity contribution >= 4 is 29.2 Å². The molecule has 2 heterocycles. The molecule has 0 atom stereocenters. The molecule has 0 saturated carbocycles. The van der Waals surface area contributed by atoms with Crippen molar-refractivity contribution in [2.45, 2.75) is 12.8 Å². The lowest BCUT2D eigenvalue weighted by Gasteiger charge is -2.36. The van der Waals surface area contributed by atoms with Crippen molar-refractivity contribution in [3.8, 4) is 0 Å². The average Bonchev–Trinajstić information content (AvgIpc) is 3.35. The number of nitrogens with zero attached hydrogens (tertiary/aromatic N) is 3. The van der Waals surface area contributed by atoms with Crippen LogP contribution in [0.5, 0.6) is 0 Å². The fourth-order valence-electron chi connectivity index (χ4n) is 4.23. The van der Waals surface area contributed by atoms with E-state index in [1.54, 1.807) is 18.2 Å². The second-order valence-corrected chi connectivity index (χ2v) is 8.35. The molecule has 8 nitrogen and oxygen atoms in total. The van der Waals surface area contributed by atoms with Gasteiger partial charge in [0.25, 0.3) is 5.91 Å². The third-order valence-corrected chi connectivity index (χ3v) is 6.14. The summed E-state index contributed by atoms with van der Waals surface area (Å²) >= 11 is 0. The number of hydrogen-bond acceptors (Lipinski definition) is 5. The van der Waals surface area contributed by atoms with Gasteiger partial charge in [-0.05, 0) is 55.3 Å². The lowest BCUT2D eigenvalue weighted by molar-refractivity contribution is -0.131. The van der Waals surface area contributed by atoms with Crippen LogP contribution in [0.1, 0.15) is 33.6 Å². The van der Waals surface area contributed by atoms with Crippen LogP contribution < -0.4 is 10.2 Å². The second kappa shape index (κ2) is 9.99. The molecule has 2 aromatic rings. The van der Waals surface area contributed by atoms with Crippen molar-refractivity contribution in [1.82, 2.24) is 9.80 Å². The van der Waals surface area contributed by atoms with Gasteiger partial charge in [-0.25, -0.2) is 9.18 Å². The van der Waals surface area contributed by atoms with Gasteiger partial charge in [0.1, 0.15) is 5.82 Å². The van der Waals surface area contributed by atoms with E-state index in [4.69, 9.17) is 0 Å². The fraction of sp³-hybridized carbons (Fsp3) is 0.375. The van der Waals surface area contributed by atoms with Gasteiger partial charge in [0, 0.05) is 50.5 Å². The largest absolute Gasteiger partial charge is 0.478 e. The molecule has 2 amide bonds. The number of benzene rings is 2. The molecule has 174 valence electrons. The van der Waals surface area contributed by atoms with Gasteiger partial charge < -0.3 is 20.2 Å². The van der Waals surface area contributed by atoms with Crippen LogP contribution in [-0.2, 0) is 4.79 Å². The second-order valence-electron chi connectivity index (χ2n) is 8.35. The van der Waals surface area contributed by atoms with Crippen molar-refractivity contribution < 1.29 is 23.9 Å². The fourth-order valence-corrected chi connectivity index (χ4v) is 4.23. The Kier molecular flexibility index (Phi) is 6.88. The van der Waals surface area contributed by atoms with Crippen molar-refractivity contribution in [1.29, 1.82) is 0 Å². The minimum Gasteiger partial charge on any atom is -0.478 e. The minimum atomic E-state index is -1.15. The Morgan fingerprint density at radius 1 is 0.909 bits per heavy atom. The van der Waals surface area contributed by atoms with Crippen LogP contribution in [0.4, 0.5) is 15.8 Å². The monoisotopic (exact) mass is 454 g/mol. The smallest absolute Gasteiger partial charge is 0.337 e. The van der Waals surface area contributed by atoms with E-state index in [1.165, 1.54) is 24.3 Å². The molecule has 2 saturated heterocycles. The molecule has 0 aliphatic carbocycles. The Morgan fingerprint density at radius 2 is 1.58 bits per heavy atom. The van der Waals surface area contributed by atoms with Gasteiger partial charge in [0.05, 0.1) is 17.8 Å². The number of anilines is 2. The van der Waals surface area contributed by atoms with Crippen LogP contribution in [0.15, 0.2) is 42.5 Å². The van der Waals surface area contributed by atoms with E-state index in [1.807, 2.05) is 4.90 Å². The predicted molar refractivity (Wildman–Crippen MR) is 122 cm³/mol. The summed E-state index contributed by atoms with van der Waals surface area (Å²) in [4.78, 5) is 42.8. The Bertz CT molecular complexity index is 1030. The number of hydrogen-bond donors (Lipinski definition) is 2. The zero-order chi connectivity index (χ0) is 23.4. The summed E-state index contributed by atoms with van der Waals surface area (Å²) in [5.41, 5.74) is 1.14. The molecule has 0 aromatic heterocycles. The Balaban J connectivity index is 1.39. The van der Waals surface area contributed by atoms with Gasteiger partial charge in [0.2, 0.25) is 5.91 Å². The maximum absolute atomic E-state index is 13.1. The quantitative estimate of drug-likeness (QED) is 0.697. The molecule has 2 aliphatic heterocycles. The summed E-state index contributed by atoms with van der Waals surface area (Å²) in [5.74, 6) is -1.94. The lowest BCUT2D eigenvalue weighted by atomic mass is 10.1. The van der Waals surface area contributed by atoms with Gasteiger partial charge in [-0.1, -0.05) is 0 Å². The summed E-state index contributed by atoms with van der Waals surface area (Å²) in [6.45, 7) is 4.89. The number of amides is 2. The summed E-state index contributed by atoms with van der Waals surface area (Å²) in [6, 6.07) is 9.93. The zero-order valence-corrected chi connectivity index (χ0v) is 18.3. The first kappa shape index (κ1) is 22.7. The Labute approximate surface area is 191 Å². The first-order valence-corrected chi connectivity index (χ1v) is 11.1. The normalized spacial score (nSPS) is 16.6. The van der Waals surface area contributed by atoms with Gasteiger partial charge in [-0.15, -0.1) is 0 Å². The number of rotatable bonds is 6. The van der Waals surface area contributed by atoms with Gasteiger partial charge in [-0.2, -0.15) is 0 Å². The molecule has 2 fully saturated rings. The first-order valence-electron chi connectivity index (χ1n) is 11.1. The third kappa shape index (κ3) is 5.48. The van der Waals surface area contributed by atoms with Crippen molar-refractivity contribution in [2.24, 2.45) is 0 Å². The van der Waals surface area contributed by atoms with E-state index in [0.29, 0.717) is 32.7 Å². The standard InChI is InChI=1S/C24H27FN4O4/c25-18-5-3-17(4-6-18)23(31)26-21-8-7-19(15-20(21)24(32)33)28-13-11-27(12-14-28)16-22(30)29-9-1-2-10-29/h3-8,15H,1-2,9-14,16H2,(H,26,31)(H,32,33). The number of piperazine rings is 1. The lowest BCUT2D eigenvalue weighted by Crippen LogP contribution is -2.49. The number of carboxylic acid groups (broad SMARTS) is 1. The van der Waals surface area contributed by atoms with Crippen LogP contribution >= 0.6 is 0 Å². The van der Waals surface area contributed by atoms with E-state index in [2.05, 4.69) is 15.1 Å². The van der Waals surface area contributed by atoms with E-state index in [-0.39, 0.29) is 22.7 Å². The highest BCUT2D eigenvalue weighted by Gasteiger charge is 2.24. The highest BCUT2D eigenvalue weighted by molar-refractivity contribution is 6.08. The zero-order valence-electron chi connectivity index (χ0n) is 18.3. The molecular formula is C24H27FN4O4. The Hall–Kier alpha value is -3.46. The summed E-state index contributed by atoms with van der Waals surface area (Å²) < 4.78 is 13.1. The van der Waals surface area contributed by atoms with Crippen LogP contribution in [0, 0.1) is 5.82 Å². The number of aromatic carboxylic acids is 1. The third-order valence-electron chi connectivity index (χ3n) is 6.14. The molecule has 0 bridgehead atoms. The molecular weight excluding hydrogens is 427 g/mol. The molecule has 9 heteroatoms. The summed E-state index contributed by atoms with van der Waals surface area (Å²) in [6.07, 6.45) is 2.15. The average molecular weight is 455 g/mol. The minimum absolute atomic E-state index is 0.0189. The molecule has 0 unspecified atom stereocenters. The SMILES string of the molecule is O=C(Nc1ccc(N2CCN(CC(=O)N3CCCC3)CC2)cc1C(=O)O)c1ccc(F)cc1. The van der Waals surface area contributed by atoms with E-state index < -0.39 is 17.7 Å². The molecule has 4 rings (SSSR count). The topological polar surface area (TPSA) is 93.2 Å². The number of nitrogens with one attached hydrogen (secondary N) is 1. The van der Waals surface area contributed by atoms with Crippen LogP contribution in [-0.4, -0.2) is 78.5 Å². The van der Waals surface area contributed by atoms with Gasteiger partial charge >= 0.3 is 5.97 Å². The number of carbonyl (C=O) groups excluding carboxylic acids is 2. The number of likely N-dealkylation sites (tertiary alicyclic amines) is 1. The van der Waals surface area contributed by atoms with E-state index in [9.17, 15) is 23.9 Å². The molecule has 2 aromatic carbocycles. The number of halogens is 1. The summed E-state index contributed by atoms with van der Waals surface area (Å²) in [7, 11) is 0. The number of carbonyl (C=O) groups is 3. The first-order chi connectivity index (χ1) is 15.9. The van der Waals surface area contributed by atoms with Gasteiger partial charge in [-0.3, -0.25) is 14.5 Å².